The second kappa shape index (κ2) is 9.86. The first-order valence-corrected chi connectivity index (χ1v) is 11.2. The Morgan fingerprint density at radius 2 is 1.58 bits per heavy atom. The predicted octanol–water partition coefficient (Wildman–Crippen LogP) is 6.05. The molecule has 1 unspecified atom stereocenters. The van der Waals surface area contributed by atoms with Crippen molar-refractivity contribution in [2.24, 2.45) is 4.99 Å². The Labute approximate surface area is 190 Å². The molecule has 0 bridgehead atoms. The van der Waals surface area contributed by atoms with E-state index in [1.54, 1.807) is 0 Å². The number of nitrogens with zero attached hydrogens (tertiary/aromatic N) is 1. The molecular weight excluding hydrogens is 428 g/mol. The van der Waals surface area contributed by atoms with Crippen LogP contribution in [0.15, 0.2) is 101 Å². The molecule has 0 aromatic heterocycles. The molecule has 1 aliphatic rings. The molecule has 6 heteroatoms. The number of benzene rings is 3. The van der Waals surface area contributed by atoms with Crippen LogP contribution in [0.3, 0.4) is 0 Å². The maximum atomic E-state index is 13.0. The van der Waals surface area contributed by atoms with Gasteiger partial charge in [0.2, 0.25) is 0 Å². The monoisotopic (exact) mass is 448 g/mol. The Hall–Kier alpha value is -3.02. The van der Waals surface area contributed by atoms with Crippen molar-refractivity contribution in [3.8, 4) is 0 Å². The van der Waals surface area contributed by atoms with Gasteiger partial charge in [0, 0.05) is 10.7 Å². The van der Waals surface area contributed by atoms with E-state index in [9.17, 15) is 9.90 Å². The molecule has 4 nitrogen and oxygen atoms in total. The smallest absolute Gasteiger partial charge is 0.261 e. The Morgan fingerprint density at radius 1 is 0.935 bits per heavy atom. The third-order valence-corrected chi connectivity index (χ3v) is 6.35. The van der Waals surface area contributed by atoms with Crippen LogP contribution >= 0.6 is 23.4 Å². The number of aliphatic hydroxyl groups is 1. The van der Waals surface area contributed by atoms with Gasteiger partial charge >= 0.3 is 0 Å². The molecule has 3 aromatic rings. The van der Waals surface area contributed by atoms with E-state index in [4.69, 9.17) is 11.6 Å². The van der Waals surface area contributed by atoms with E-state index in [-0.39, 0.29) is 22.5 Å². The molecule has 0 saturated carbocycles. The summed E-state index contributed by atoms with van der Waals surface area (Å²) in [6.07, 6.45) is 0.570. The molecule has 31 heavy (non-hydrogen) atoms. The van der Waals surface area contributed by atoms with Gasteiger partial charge in [-0.25, -0.2) is 0 Å². The number of aliphatic imine (C=N–C) groups is 1. The number of hydrogen-bond donors (Lipinski definition) is 2. The van der Waals surface area contributed by atoms with Gasteiger partial charge in [-0.2, -0.15) is 0 Å². The van der Waals surface area contributed by atoms with Gasteiger partial charge in [0.05, 0.1) is 11.8 Å². The minimum atomic E-state index is -0.360. The van der Waals surface area contributed by atoms with Gasteiger partial charge in [-0.1, -0.05) is 84.0 Å². The lowest BCUT2D eigenvalue weighted by atomic mass is 10.1. The average Bonchev–Trinajstić information content (AvgIpc) is 3.10. The van der Waals surface area contributed by atoms with Crippen LogP contribution in [0.25, 0.3) is 0 Å². The van der Waals surface area contributed by atoms with Gasteiger partial charge in [0.15, 0.2) is 0 Å². The zero-order valence-electron chi connectivity index (χ0n) is 16.7. The molecular formula is C25H21ClN2O2S. The van der Waals surface area contributed by atoms with Crippen molar-refractivity contribution in [3.63, 3.8) is 0 Å². The Balaban J connectivity index is 1.60. The summed E-state index contributed by atoms with van der Waals surface area (Å²) in [6.45, 7) is 0.437. The number of aliphatic hydroxyl groups excluding tert-OH is 1. The molecule has 1 amide bonds. The summed E-state index contributed by atoms with van der Waals surface area (Å²) in [5, 5.41) is 14.8. The van der Waals surface area contributed by atoms with Crippen LogP contribution < -0.4 is 5.32 Å². The van der Waals surface area contributed by atoms with Crippen molar-refractivity contribution < 1.29 is 9.90 Å². The van der Waals surface area contributed by atoms with Crippen LogP contribution in [0.5, 0.6) is 0 Å². The molecule has 1 heterocycles. The highest BCUT2D eigenvalue weighted by Gasteiger charge is 2.35. The highest BCUT2D eigenvalue weighted by molar-refractivity contribution is 8.15. The molecule has 0 spiro atoms. The van der Waals surface area contributed by atoms with Gasteiger partial charge in [-0.15, -0.1) is 0 Å². The number of halogens is 1. The van der Waals surface area contributed by atoms with Crippen LogP contribution in [0.4, 0.5) is 5.69 Å². The van der Waals surface area contributed by atoms with Crippen molar-refractivity contribution in [3.05, 3.63) is 112 Å². The van der Waals surface area contributed by atoms with E-state index in [1.807, 2.05) is 84.9 Å². The molecule has 0 aliphatic carbocycles. The zero-order valence-corrected chi connectivity index (χ0v) is 18.2. The van der Waals surface area contributed by atoms with Crippen molar-refractivity contribution in [1.82, 2.24) is 0 Å². The maximum absolute atomic E-state index is 13.0. The van der Waals surface area contributed by atoms with Gasteiger partial charge in [-0.05, 0) is 41.8 Å². The van der Waals surface area contributed by atoms with Gasteiger partial charge in [-0.3, -0.25) is 9.79 Å². The number of thioether (sulfide) groups is 1. The van der Waals surface area contributed by atoms with Crippen molar-refractivity contribution in [1.29, 1.82) is 0 Å². The van der Waals surface area contributed by atoms with Crippen molar-refractivity contribution >= 4 is 40.0 Å². The molecule has 1 aliphatic heterocycles. The number of carbonyl (C=O) groups excluding carboxylic acids is 1. The fourth-order valence-electron chi connectivity index (χ4n) is 3.28. The first-order valence-electron chi connectivity index (χ1n) is 9.89. The topological polar surface area (TPSA) is 61.7 Å². The van der Waals surface area contributed by atoms with E-state index in [0.29, 0.717) is 28.7 Å². The summed E-state index contributed by atoms with van der Waals surface area (Å²) < 4.78 is 0. The molecule has 0 saturated heterocycles. The lowest BCUT2D eigenvalue weighted by Gasteiger charge is -2.09. The molecule has 156 valence electrons. The number of hydrogen-bond acceptors (Lipinski definition) is 4. The molecule has 0 fully saturated rings. The summed E-state index contributed by atoms with van der Waals surface area (Å²) in [6, 6.07) is 26.5. The minimum Gasteiger partial charge on any atom is -0.510 e. The first kappa shape index (κ1) is 21.2. The lowest BCUT2D eigenvalue weighted by molar-refractivity contribution is -0.112. The summed E-state index contributed by atoms with van der Waals surface area (Å²) >= 11 is 7.40. The second-order valence-electron chi connectivity index (χ2n) is 7.12. The lowest BCUT2D eigenvalue weighted by Crippen LogP contribution is -2.19. The highest BCUT2D eigenvalue weighted by atomic mass is 35.5. The van der Waals surface area contributed by atoms with Gasteiger partial charge in [0.25, 0.3) is 5.91 Å². The largest absolute Gasteiger partial charge is 0.510 e. The van der Waals surface area contributed by atoms with Gasteiger partial charge < -0.3 is 10.4 Å². The van der Waals surface area contributed by atoms with Crippen LogP contribution in [0.2, 0.25) is 5.02 Å². The molecule has 2 N–H and O–H groups in total. The zero-order chi connectivity index (χ0) is 21.6. The molecule has 0 radical (unpaired) electrons. The number of carbonyl (C=O) groups is 1. The predicted molar refractivity (Wildman–Crippen MR) is 129 cm³/mol. The number of amides is 1. The van der Waals surface area contributed by atoms with E-state index in [2.05, 4.69) is 10.3 Å². The summed E-state index contributed by atoms with van der Waals surface area (Å²) in [5.41, 5.74) is 2.98. The van der Waals surface area contributed by atoms with Crippen LogP contribution in [0.1, 0.15) is 11.1 Å². The Morgan fingerprint density at radius 3 is 2.26 bits per heavy atom. The number of anilines is 1. The second-order valence-corrected chi connectivity index (χ2v) is 8.75. The molecule has 3 aromatic carbocycles. The van der Waals surface area contributed by atoms with Gasteiger partial charge in [0.1, 0.15) is 16.4 Å². The van der Waals surface area contributed by atoms with E-state index < -0.39 is 0 Å². The quantitative estimate of drug-likeness (QED) is 0.482. The number of para-hydroxylation sites is 1. The fourth-order valence-corrected chi connectivity index (χ4v) is 4.64. The Kier molecular flexibility index (Phi) is 6.75. The van der Waals surface area contributed by atoms with Crippen molar-refractivity contribution in [2.45, 2.75) is 18.2 Å². The fraction of sp³-hybridized carbons (Fsp3) is 0.120. The maximum Gasteiger partial charge on any atom is 0.261 e. The normalized spacial score (nSPS) is 17.2. The Bertz CT molecular complexity index is 1110. The first-order chi connectivity index (χ1) is 15.1. The van der Waals surface area contributed by atoms with E-state index in [1.165, 1.54) is 11.8 Å². The molecule has 4 rings (SSSR count). The summed E-state index contributed by atoms with van der Waals surface area (Å²) in [7, 11) is 0. The SMILES string of the molecule is O=C(Nc1ccccc1)C1=C(O)C(Cc2ccc(Cl)cc2)SC1=NCc1ccccc1. The number of nitrogens with one attached hydrogen (secondary N) is 1. The average molecular weight is 449 g/mol. The minimum absolute atomic E-state index is 0.0557. The molecule has 1 atom stereocenters. The third-order valence-electron chi connectivity index (χ3n) is 4.87. The van der Waals surface area contributed by atoms with E-state index >= 15 is 0 Å². The summed E-state index contributed by atoms with van der Waals surface area (Å²) in [5.74, 6) is -0.304. The van der Waals surface area contributed by atoms with Crippen LogP contribution in [-0.2, 0) is 17.8 Å². The summed E-state index contributed by atoms with van der Waals surface area (Å²) in [4.78, 5) is 17.7. The standard InChI is InChI=1S/C25H21ClN2O2S/c26-19-13-11-17(12-14-19)15-21-23(29)22(24(30)28-20-9-5-2-6-10-20)25(31-21)27-16-18-7-3-1-4-8-18/h1-14,21,29H,15-16H2,(H,28,30). The van der Waals surface area contributed by atoms with Crippen LogP contribution in [-0.4, -0.2) is 21.3 Å². The highest BCUT2D eigenvalue weighted by Crippen LogP contribution is 2.37. The van der Waals surface area contributed by atoms with E-state index in [0.717, 1.165) is 11.1 Å². The number of rotatable bonds is 6. The van der Waals surface area contributed by atoms with Crippen molar-refractivity contribution in [2.75, 3.05) is 5.32 Å². The third kappa shape index (κ3) is 5.37. The van der Waals surface area contributed by atoms with Crippen LogP contribution in [0, 0.1) is 0 Å².